The molecule has 0 bridgehead atoms. The molecule has 1 aliphatic heterocycles. The summed E-state index contributed by atoms with van der Waals surface area (Å²) >= 11 is 5.92. The van der Waals surface area contributed by atoms with Gasteiger partial charge in [0.05, 0.1) is 12.6 Å². The Labute approximate surface area is 100 Å². The van der Waals surface area contributed by atoms with Crippen LogP contribution in [-0.2, 0) is 11.2 Å². The highest BCUT2D eigenvalue weighted by Gasteiger charge is 2.14. The zero-order valence-corrected chi connectivity index (χ0v) is 10.1. The maximum absolute atomic E-state index is 5.92. The molecule has 0 amide bonds. The number of ether oxygens (including phenoxy) is 1. The van der Waals surface area contributed by atoms with Crippen LogP contribution < -0.4 is 5.32 Å². The van der Waals surface area contributed by atoms with Gasteiger partial charge in [0.15, 0.2) is 0 Å². The fourth-order valence-electron chi connectivity index (χ4n) is 1.76. The summed E-state index contributed by atoms with van der Waals surface area (Å²) in [5.41, 5.74) is 0. The number of hydrogen-bond donors (Lipinski definition) is 1. The number of nitrogens with one attached hydrogen (secondary N) is 1. The molecule has 2 rings (SSSR count). The average molecular weight is 242 g/mol. The largest absolute Gasteiger partial charge is 0.379 e. The predicted molar refractivity (Wildman–Crippen MR) is 63.9 cm³/mol. The molecule has 0 radical (unpaired) electrons. The van der Waals surface area contributed by atoms with E-state index in [2.05, 4.69) is 15.3 Å². The molecule has 1 unspecified atom stereocenters. The molecule has 16 heavy (non-hydrogen) atoms. The second-order valence-electron chi connectivity index (χ2n) is 3.90. The van der Waals surface area contributed by atoms with Crippen molar-refractivity contribution in [3.05, 3.63) is 17.0 Å². The molecule has 2 heterocycles. The van der Waals surface area contributed by atoms with Crippen molar-refractivity contribution in [2.24, 2.45) is 0 Å². The van der Waals surface area contributed by atoms with Crippen LogP contribution >= 0.6 is 11.6 Å². The van der Waals surface area contributed by atoms with Gasteiger partial charge >= 0.3 is 0 Å². The quantitative estimate of drug-likeness (QED) is 0.825. The third-order valence-electron chi connectivity index (χ3n) is 2.57. The first kappa shape index (κ1) is 11.6. The molecule has 4 nitrogen and oxygen atoms in total. The van der Waals surface area contributed by atoms with Crippen LogP contribution in [0.2, 0.25) is 5.15 Å². The molecule has 0 aliphatic carbocycles. The Balaban J connectivity index is 2.04. The lowest BCUT2D eigenvalue weighted by molar-refractivity contribution is 0.0875. The average Bonchev–Trinajstić information content (AvgIpc) is 2.29. The summed E-state index contributed by atoms with van der Waals surface area (Å²) in [7, 11) is 0. The molecule has 5 heteroatoms. The van der Waals surface area contributed by atoms with Crippen LogP contribution in [0.15, 0.2) is 6.07 Å². The minimum atomic E-state index is 0.337. The molecule has 1 fully saturated rings. The Morgan fingerprint density at radius 1 is 1.56 bits per heavy atom. The first-order valence-electron chi connectivity index (χ1n) is 5.65. The SMILES string of the molecule is CCc1nc(Cl)cc(NC2CCCOC2)n1. The van der Waals surface area contributed by atoms with Crippen molar-refractivity contribution in [3.8, 4) is 0 Å². The van der Waals surface area contributed by atoms with E-state index in [4.69, 9.17) is 16.3 Å². The van der Waals surface area contributed by atoms with Crippen LogP contribution in [-0.4, -0.2) is 29.2 Å². The van der Waals surface area contributed by atoms with E-state index in [0.29, 0.717) is 11.2 Å². The van der Waals surface area contributed by atoms with Crippen LogP contribution in [0, 0.1) is 0 Å². The highest BCUT2D eigenvalue weighted by molar-refractivity contribution is 6.29. The first-order chi connectivity index (χ1) is 7.78. The van der Waals surface area contributed by atoms with Crippen LogP contribution in [0.1, 0.15) is 25.6 Å². The fraction of sp³-hybridized carbons (Fsp3) is 0.636. The number of rotatable bonds is 3. The van der Waals surface area contributed by atoms with E-state index in [9.17, 15) is 0 Å². The van der Waals surface area contributed by atoms with Gasteiger partial charge in [-0.25, -0.2) is 9.97 Å². The summed E-state index contributed by atoms with van der Waals surface area (Å²) in [4.78, 5) is 8.51. The number of hydrogen-bond acceptors (Lipinski definition) is 4. The number of nitrogens with zero attached hydrogens (tertiary/aromatic N) is 2. The second-order valence-corrected chi connectivity index (χ2v) is 4.29. The molecule has 0 saturated carbocycles. The van der Waals surface area contributed by atoms with Gasteiger partial charge in [-0.05, 0) is 12.8 Å². The zero-order chi connectivity index (χ0) is 11.4. The Morgan fingerprint density at radius 3 is 3.12 bits per heavy atom. The molecular formula is C11H16ClN3O. The summed E-state index contributed by atoms with van der Waals surface area (Å²) in [6.07, 6.45) is 3.00. The van der Waals surface area contributed by atoms with E-state index in [1.165, 1.54) is 0 Å². The van der Waals surface area contributed by atoms with Crippen molar-refractivity contribution in [2.45, 2.75) is 32.2 Å². The second kappa shape index (κ2) is 5.46. The highest BCUT2D eigenvalue weighted by atomic mass is 35.5. The molecule has 1 aliphatic rings. The Hall–Kier alpha value is -0.870. The van der Waals surface area contributed by atoms with Gasteiger partial charge in [0, 0.05) is 19.1 Å². The standard InChI is InChI=1S/C11H16ClN3O/c1-2-10-14-9(12)6-11(15-10)13-8-4-3-5-16-7-8/h6,8H,2-5,7H2,1H3,(H,13,14,15). The van der Waals surface area contributed by atoms with Crippen LogP contribution in [0.3, 0.4) is 0 Å². The van der Waals surface area contributed by atoms with Crippen molar-refractivity contribution >= 4 is 17.4 Å². The number of aromatic nitrogens is 2. The smallest absolute Gasteiger partial charge is 0.134 e. The molecule has 1 atom stereocenters. The Morgan fingerprint density at radius 2 is 2.44 bits per heavy atom. The molecule has 0 aromatic carbocycles. The highest BCUT2D eigenvalue weighted by Crippen LogP contribution is 2.16. The van der Waals surface area contributed by atoms with Gasteiger partial charge in [-0.2, -0.15) is 0 Å². The first-order valence-corrected chi connectivity index (χ1v) is 6.03. The molecule has 0 spiro atoms. The van der Waals surface area contributed by atoms with Crippen molar-refractivity contribution in [2.75, 3.05) is 18.5 Å². The summed E-state index contributed by atoms with van der Waals surface area (Å²) in [6.45, 7) is 3.62. The van der Waals surface area contributed by atoms with E-state index in [1.807, 2.05) is 6.92 Å². The summed E-state index contributed by atoms with van der Waals surface area (Å²) in [5, 5.41) is 3.83. The van der Waals surface area contributed by atoms with Gasteiger partial charge < -0.3 is 10.1 Å². The Bertz CT molecular complexity index is 353. The lowest BCUT2D eigenvalue weighted by Crippen LogP contribution is -2.30. The molecule has 1 N–H and O–H groups in total. The minimum Gasteiger partial charge on any atom is -0.379 e. The lowest BCUT2D eigenvalue weighted by atomic mass is 10.1. The van der Waals surface area contributed by atoms with Gasteiger partial charge in [-0.15, -0.1) is 0 Å². The maximum Gasteiger partial charge on any atom is 0.134 e. The van der Waals surface area contributed by atoms with Gasteiger partial charge in [-0.1, -0.05) is 18.5 Å². The Kier molecular flexibility index (Phi) is 3.96. The van der Waals surface area contributed by atoms with Crippen LogP contribution in [0.5, 0.6) is 0 Å². The van der Waals surface area contributed by atoms with Crippen molar-refractivity contribution in [1.29, 1.82) is 0 Å². The van der Waals surface area contributed by atoms with E-state index >= 15 is 0 Å². The molecule has 1 saturated heterocycles. The van der Waals surface area contributed by atoms with Crippen molar-refractivity contribution in [1.82, 2.24) is 9.97 Å². The molecule has 88 valence electrons. The van der Waals surface area contributed by atoms with Crippen LogP contribution in [0.25, 0.3) is 0 Å². The van der Waals surface area contributed by atoms with Gasteiger partial charge in [0.1, 0.15) is 16.8 Å². The minimum absolute atomic E-state index is 0.337. The molecular weight excluding hydrogens is 226 g/mol. The third kappa shape index (κ3) is 3.06. The monoisotopic (exact) mass is 241 g/mol. The third-order valence-corrected chi connectivity index (χ3v) is 2.76. The van der Waals surface area contributed by atoms with Gasteiger partial charge in [0.2, 0.25) is 0 Å². The molecule has 1 aromatic heterocycles. The number of aryl methyl sites for hydroxylation is 1. The predicted octanol–water partition coefficient (Wildman–Crippen LogP) is 2.28. The summed E-state index contributed by atoms with van der Waals surface area (Å²) in [6, 6.07) is 2.10. The molecule has 1 aromatic rings. The van der Waals surface area contributed by atoms with Gasteiger partial charge in [-0.3, -0.25) is 0 Å². The number of halogens is 1. The fourth-order valence-corrected chi connectivity index (χ4v) is 1.96. The summed E-state index contributed by atoms with van der Waals surface area (Å²) < 4.78 is 5.40. The van der Waals surface area contributed by atoms with Crippen molar-refractivity contribution < 1.29 is 4.74 Å². The van der Waals surface area contributed by atoms with Crippen LogP contribution in [0.4, 0.5) is 5.82 Å². The summed E-state index contributed by atoms with van der Waals surface area (Å²) in [5.74, 6) is 1.57. The van der Waals surface area contributed by atoms with E-state index in [1.54, 1.807) is 6.07 Å². The van der Waals surface area contributed by atoms with E-state index < -0.39 is 0 Å². The topological polar surface area (TPSA) is 47.0 Å². The normalized spacial score (nSPS) is 20.8. The van der Waals surface area contributed by atoms with Crippen molar-refractivity contribution in [3.63, 3.8) is 0 Å². The van der Waals surface area contributed by atoms with E-state index in [0.717, 1.165) is 44.1 Å². The van der Waals surface area contributed by atoms with E-state index in [-0.39, 0.29) is 0 Å². The lowest BCUT2D eigenvalue weighted by Gasteiger charge is -2.23. The van der Waals surface area contributed by atoms with Gasteiger partial charge in [0.25, 0.3) is 0 Å². The maximum atomic E-state index is 5.92. The number of anilines is 1. The zero-order valence-electron chi connectivity index (χ0n) is 9.37.